The molecular weight excluding hydrogens is 503 g/mol. The van der Waals surface area contributed by atoms with E-state index in [9.17, 15) is 8.42 Å². The number of hydrogen-bond acceptors (Lipinski definition) is 4. The van der Waals surface area contributed by atoms with Gasteiger partial charge >= 0.3 is 0 Å². The van der Waals surface area contributed by atoms with Crippen LogP contribution < -0.4 is 15.4 Å². The Bertz CT molecular complexity index is 911. The smallest absolute Gasteiger partial charge is 0.208 e. The molecule has 0 spiro atoms. The van der Waals surface area contributed by atoms with E-state index in [1.165, 1.54) is 0 Å². The van der Waals surface area contributed by atoms with Gasteiger partial charge in [-0.15, -0.1) is 24.0 Å². The average molecular weight is 534 g/mol. The Morgan fingerprint density at radius 2 is 1.90 bits per heavy atom. The van der Waals surface area contributed by atoms with Gasteiger partial charge < -0.3 is 10.6 Å². The van der Waals surface area contributed by atoms with E-state index in [2.05, 4.69) is 37.6 Å². The molecule has 162 valence electrons. The summed E-state index contributed by atoms with van der Waals surface area (Å²) in [6.45, 7) is 8.29. The standard InChI is InChI=1S/C19H30N6O2S.HI/c1-5-20-19(21-11-8-12-23-28(4,26)27)22-14-17-9-6-7-10-18(17)25-16(3)13-15(2)24-25;/h6-7,9-10,13,23H,5,8,11-12,14H2,1-4H3,(H2,20,21,22);1H. The number of benzene rings is 1. The number of guanidine groups is 1. The highest BCUT2D eigenvalue weighted by Gasteiger charge is 2.08. The van der Waals surface area contributed by atoms with Gasteiger partial charge in [-0.3, -0.25) is 0 Å². The lowest BCUT2D eigenvalue weighted by Crippen LogP contribution is -2.38. The molecule has 10 heteroatoms. The van der Waals surface area contributed by atoms with Crippen LogP contribution in [0.25, 0.3) is 5.69 Å². The Labute approximate surface area is 190 Å². The van der Waals surface area contributed by atoms with Gasteiger partial charge in [0.2, 0.25) is 10.0 Å². The fraction of sp³-hybridized carbons (Fsp3) is 0.474. The number of rotatable bonds is 9. The number of para-hydroxylation sites is 1. The van der Waals surface area contributed by atoms with Gasteiger partial charge in [-0.25, -0.2) is 22.8 Å². The molecule has 1 aromatic carbocycles. The van der Waals surface area contributed by atoms with E-state index >= 15 is 0 Å². The van der Waals surface area contributed by atoms with Crippen LogP contribution in [-0.2, 0) is 16.6 Å². The largest absolute Gasteiger partial charge is 0.357 e. The van der Waals surface area contributed by atoms with Crippen molar-refractivity contribution in [2.75, 3.05) is 25.9 Å². The number of sulfonamides is 1. The average Bonchev–Trinajstić information content (AvgIpc) is 2.96. The number of hydrogen-bond donors (Lipinski definition) is 3. The maximum atomic E-state index is 11.1. The van der Waals surface area contributed by atoms with E-state index < -0.39 is 10.0 Å². The Hall–Kier alpha value is -1.66. The van der Waals surface area contributed by atoms with Crippen LogP contribution in [0.2, 0.25) is 0 Å². The molecule has 0 amide bonds. The van der Waals surface area contributed by atoms with Gasteiger partial charge in [0.25, 0.3) is 0 Å². The molecule has 0 atom stereocenters. The molecule has 2 aromatic rings. The summed E-state index contributed by atoms with van der Waals surface area (Å²) < 4.78 is 26.6. The second-order valence-electron chi connectivity index (χ2n) is 6.61. The molecule has 3 N–H and O–H groups in total. The summed E-state index contributed by atoms with van der Waals surface area (Å²) in [5.41, 5.74) is 4.15. The first-order valence-electron chi connectivity index (χ1n) is 9.38. The van der Waals surface area contributed by atoms with E-state index in [4.69, 9.17) is 0 Å². The predicted molar refractivity (Wildman–Crippen MR) is 129 cm³/mol. The van der Waals surface area contributed by atoms with E-state index in [1.54, 1.807) is 0 Å². The van der Waals surface area contributed by atoms with Crippen LogP contribution in [0.4, 0.5) is 0 Å². The minimum Gasteiger partial charge on any atom is -0.357 e. The zero-order chi connectivity index (χ0) is 20.6. The molecule has 0 saturated heterocycles. The number of aliphatic imine (C=N–C) groups is 1. The zero-order valence-corrected chi connectivity index (χ0v) is 20.5. The van der Waals surface area contributed by atoms with Crippen molar-refractivity contribution in [2.45, 2.75) is 33.7 Å². The minimum absolute atomic E-state index is 0. The Balaban J connectivity index is 0.00000420. The topological polar surface area (TPSA) is 100 Å². The van der Waals surface area contributed by atoms with Crippen molar-refractivity contribution in [1.82, 2.24) is 25.1 Å². The van der Waals surface area contributed by atoms with Crippen LogP contribution in [-0.4, -0.2) is 50.0 Å². The minimum atomic E-state index is -3.15. The van der Waals surface area contributed by atoms with Gasteiger partial charge in [0.1, 0.15) is 0 Å². The molecule has 1 aromatic heterocycles. The first-order valence-corrected chi connectivity index (χ1v) is 11.3. The highest BCUT2D eigenvalue weighted by atomic mass is 127. The van der Waals surface area contributed by atoms with Gasteiger partial charge in [-0.2, -0.15) is 5.10 Å². The van der Waals surface area contributed by atoms with Crippen LogP contribution in [0.1, 0.15) is 30.3 Å². The quantitative estimate of drug-likeness (QED) is 0.198. The zero-order valence-electron chi connectivity index (χ0n) is 17.4. The van der Waals surface area contributed by atoms with Crippen LogP contribution >= 0.6 is 24.0 Å². The molecule has 0 radical (unpaired) electrons. The second kappa shape index (κ2) is 12.1. The van der Waals surface area contributed by atoms with E-state index in [1.807, 2.05) is 43.7 Å². The van der Waals surface area contributed by atoms with Crippen molar-refractivity contribution in [2.24, 2.45) is 4.99 Å². The lowest BCUT2D eigenvalue weighted by molar-refractivity contribution is 0.584. The van der Waals surface area contributed by atoms with Crippen LogP contribution in [0.5, 0.6) is 0 Å². The van der Waals surface area contributed by atoms with Crippen molar-refractivity contribution in [3.05, 3.63) is 47.3 Å². The first-order chi connectivity index (χ1) is 13.3. The van der Waals surface area contributed by atoms with Crippen LogP contribution in [0.3, 0.4) is 0 Å². The van der Waals surface area contributed by atoms with Gasteiger partial charge in [-0.1, -0.05) is 18.2 Å². The number of nitrogens with one attached hydrogen (secondary N) is 3. The van der Waals surface area contributed by atoms with Crippen LogP contribution in [0.15, 0.2) is 35.3 Å². The summed E-state index contributed by atoms with van der Waals surface area (Å²) in [7, 11) is -3.15. The molecule has 0 aliphatic heterocycles. The molecule has 0 fully saturated rings. The Kier molecular flexibility index (Phi) is 10.6. The molecule has 0 saturated carbocycles. The number of halogens is 1. The molecule has 1 heterocycles. The summed E-state index contributed by atoms with van der Waals surface area (Å²) >= 11 is 0. The number of nitrogens with zero attached hydrogens (tertiary/aromatic N) is 3. The molecule has 2 rings (SSSR count). The molecule has 0 bridgehead atoms. The molecule has 29 heavy (non-hydrogen) atoms. The van der Waals surface area contributed by atoms with Crippen molar-refractivity contribution in [3.63, 3.8) is 0 Å². The van der Waals surface area contributed by atoms with E-state index in [0.29, 0.717) is 32.0 Å². The van der Waals surface area contributed by atoms with Crippen molar-refractivity contribution >= 4 is 40.0 Å². The van der Waals surface area contributed by atoms with Gasteiger partial charge in [-0.05, 0) is 44.9 Å². The lowest BCUT2D eigenvalue weighted by Gasteiger charge is -2.13. The molecule has 0 unspecified atom stereocenters. The van der Waals surface area contributed by atoms with Gasteiger partial charge in [0.05, 0.1) is 24.2 Å². The fourth-order valence-corrected chi connectivity index (χ4v) is 3.30. The molecule has 0 aliphatic carbocycles. The number of aromatic nitrogens is 2. The molecule has 0 aliphatic rings. The fourth-order valence-electron chi connectivity index (χ4n) is 2.78. The third-order valence-corrected chi connectivity index (χ3v) is 4.72. The summed E-state index contributed by atoms with van der Waals surface area (Å²) in [6, 6.07) is 10.1. The maximum Gasteiger partial charge on any atom is 0.208 e. The maximum absolute atomic E-state index is 11.1. The normalized spacial score (nSPS) is 11.8. The monoisotopic (exact) mass is 534 g/mol. The van der Waals surface area contributed by atoms with E-state index in [0.717, 1.165) is 35.4 Å². The predicted octanol–water partition coefficient (Wildman–Crippen LogP) is 2.10. The second-order valence-corrected chi connectivity index (χ2v) is 8.44. The van der Waals surface area contributed by atoms with Crippen molar-refractivity contribution in [3.8, 4) is 5.69 Å². The Morgan fingerprint density at radius 1 is 1.17 bits per heavy atom. The van der Waals surface area contributed by atoms with Crippen LogP contribution in [0, 0.1) is 13.8 Å². The highest BCUT2D eigenvalue weighted by Crippen LogP contribution is 2.17. The third-order valence-electron chi connectivity index (χ3n) is 3.99. The Morgan fingerprint density at radius 3 is 2.52 bits per heavy atom. The van der Waals surface area contributed by atoms with E-state index in [-0.39, 0.29) is 24.0 Å². The lowest BCUT2D eigenvalue weighted by atomic mass is 10.2. The highest BCUT2D eigenvalue weighted by molar-refractivity contribution is 14.0. The summed E-state index contributed by atoms with van der Waals surface area (Å²) in [6.07, 6.45) is 1.83. The van der Waals surface area contributed by atoms with Crippen molar-refractivity contribution in [1.29, 1.82) is 0 Å². The van der Waals surface area contributed by atoms with Gasteiger partial charge in [0, 0.05) is 25.3 Å². The summed E-state index contributed by atoms with van der Waals surface area (Å²) in [5.74, 6) is 0.699. The number of aryl methyl sites for hydroxylation is 2. The SMILES string of the molecule is CCNC(=NCc1ccccc1-n1nc(C)cc1C)NCCCNS(C)(=O)=O.I. The summed E-state index contributed by atoms with van der Waals surface area (Å²) in [4.78, 5) is 4.67. The molecule has 8 nitrogen and oxygen atoms in total. The third kappa shape index (κ3) is 8.70. The van der Waals surface area contributed by atoms with Gasteiger partial charge in [0.15, 0.2) is 5.96 Å². The summed E-state index contributed by atoms with van der Waals surface area (Å²) in [5, 5.41) is 11.0. The molecular formula is C19H31IN6O2S. The first kappa shape index (κ1) is 25.4. The van der Waals surface area contributed by atoms with Crippen molar-refractivity contribution < 1.29 is 8.42 Å².